The van der Waals surface area contributed by atoms with Crippen molar-refractivity contribution in [2.75, 3.05) is 11.9 Å². The Morgan fingerprint density at radius 3 is 2.56 bits per heavy atom. The summed E-state index contributed by atoms with van der Waals surface area (Å²) in [4.78, 5) is 40.1. The van der Waals surface area contributed by atoms with E-state index in [0.717, 1.165) is 21.3 Å². The van der Waals surface area contributed by atoms with Gasteiger partial charge in [0, 0.05) is 22.6 Å². The lowest BCUT2D eigenvalue weighted by Crippen LogP contribution is -2.46. The Morgan fingerprint density at radius 2 is 1.85 bits per heavy atom. The maximum absolute atomic E-state index is 13.1. The lowest BCUT2D eigenvalue weighted by atomic mass is 9.83. The number of hydrogen-bond donors (Lipinski definition) is 1. The van der Waals surface area contributed by atoms with Gasteiger partial charge in [0.25, 0.3) is 0 Å². The van der Waals surface area contributed by atoms with Gasteiger partial charge in [-0.1, -0.05) is 67.0 Å². The first-order valence-electron chi connectivity index (χ1n) is 11.4. The molecule has 7 nitrogen and oxygen atoms in total. The summed E-state index contributed by atoms with van der Waals surface area (Å²) in [5, 5.41) is 3.25. The number of likely N-dealkylation sites (tertiary alicyclic amines) is 1. The van der Waals surface area contributed by atoms with Crippen LogP contribution < -0.4 is 5.32 Å². The fourth-order valence-electron chi connectivity index (χ4n) is 4.63. The van der Waals surface area contributed by atoms with Crippen LogP contribution in [0.2, 0.25) is 0 Å². The molecular weight excluding hydrogens is 500 g/mol. The Hall–Kier alpha value is -2.87. The van der Waals surface area contributed by atoms with E-state index in [0.29, 0.717) is 13.0 Å². The smallest absolute Gasteiger partial charge is 0.410 e. The van der Waals surface area contributed by atoms with Crippen molar-refractivity contribution in [3.05, 3.63) is 64.1 Å². The molecular formula is C26H29BrN2O5. The van der Waals surface area contributed by atoms with Crippen molar-refractivity contribution >= 4 is 39.6 Å². The first-order chi connectivity index (χ1) is 16.1. The van der Waals surface area contributed by atoms with Crippen LogP contribution in [0.15, 0.2) is 53.0 Å². The molecule has 34 heavy (non-hydrogen) atoms. The maximum atomic E-state index is 13.1. The number of amides is 1. The van der Waals surface area contributed by atoms with Crippen LogP contribution in [0.4, 0.5) is 10.5 Å². The predicted octanol–water partition coefficient (Wildman–Crippen LogP) is 5.45. The predicted molar refractivity (Wildman–Crippen MR) is 131 cm³/mol. The number of esters is 2. The zero-order valence-corrected chi connectivity index (χ0v) is 21.1. The number of fused-ring (bicyclic) bond motifs is 3. The minimum Gasteiger partial charge on any atom is -0.445 e. The van der Waals surface area contributed by atoms with Crippen LogP contribution in [0.1, 0.15) is 50.8 Å². The van der Waals surface area contributed by atoms with Gasteiger partial charge >= 0.3 is 18.0 Å². The average molecular weight is 529 g/mol. The zero-order valence-electron chi connectivity index (χ0n) is 19.5. The van der Waals surface area contributed by atoms with Gasteiger partial charge in [0.15, 0.2) is 0 Å². The van der Waals surface area contributed by atoms with Gasteiger partial charge in [0.1, 0.15) is 12.6 Å². The van der Waals surface area contributed by atoms with Gasteiger partial charge in [0.05, 0.1) is 12.5 Å². The van der Waals surface area contributed by atoms with E-state index in [1.807, 2.05) is 69.3 Å². The zero-order chi connectivity index (χ0) is 24.5. The Kier molecular flexibility index (Phi) is 6.98. The SMILES string of the molecule is CC(C)(C)CC(=O)OC(=O)[C@H]1Nc2ccc(Br)cc2[C@H]2[C@@H]1CCN2C(=O)OCc1ccccc1. The maximum Gasteiger partial charge on any atom is 0.410 e. The molecule has 0 aromatic heterocycles. The molecule has 0 saturated carbocycles. The molecule has 2 aliphatic heterocycles. The monoisotopic (exact) mass is 528 g/mol. The van der Waals surface area contributed by atoms with E-state index in [1.165, 1.54) is 0 Å². The number of hydrogen-bond acceptors (Lipinski definition) is 6. The summed E-state index contributed by atoms with van der Waals surface area (Å²) in [5.41, 5.74) is 2.25. The van der Waals surface area contributed by atoms with Gasteiger partial charge in [-0.15, -0.1) is 0 Å². The van der Waals surface area contributed by atoms with Gasteiger partial charge in [-0.25, -0.2) is 9.59 Å². The number of nitrogens with zero attached hydrogens (tertiary/aromatic N) is 1. The summed E-state index contributed by atoms with van der Waals surface area (Å²) < 4.78 is 11.7. The third-order valence-corrected chi connectivity index (χ3v) is 6.59. The summed E-state index contributed by atoms with van der Waals surface area (Å²) in [5.74, 6) is -1.41. The topological polar surface area (TPSA) is 84.9 Å². The molecule has 0 bridgehead atoms. The van der Waals surface area contributed by atoms with E-state index in [9.17, 15) is 14.4 Å². The molecule has 0 radical (unpaired) electrons. The third kappa shape index (κ3) is 5.43. The number of rotatable bonds is 4. The van der Waals surface area contributed by atoms with Crippen LogP contribution in [-0.4, -0.2) is 35.5 Å². The van der Waals surface area contributed by atoms with Gasteiger partial charge < -0.3 is 19.7 Å². The molecule has 2 aromatic rings. The van der Waals surface area contributed by atoms with E-state index in [-0.39, 0.29) is 30.4 Å². The Labute approximate surface area is 207 Å². The highest BCUT2D eigenvalue weighted by Crippen LogP contribution is 2.47. The molecule has 2 aliphatic rings. The first-order valence-corrected chi connectivity index (χ1v) is 12.2. The second kappa shape index (κ2) is 9.78. The summed E-state index contributed by atoms with van der Waals surface area (Å²) in [7, 11) is 0. The van der Waals surface area contributed by atoms with Crippen molar-refractivity contribution in [1.29, 1.82) is 0 Å². The molecule has 0 unspecified atom stereocenters. The molecule has 1 N–H and O–H groups in total. The van der Waals surface area contributed by atoms with E-state index >= 15 is 0 Å². The summed E-state index contributed by atoms with van der Waals surface area (Å²) >= 11 is 3.51. The summed E-state index contributed by atoms with van der Waals surface area (Å²) in [6, 6.07) is 14.1. The van der Waals surface area contributed by atoms with Crippen LogP contribution in [-0.2, 0) is 25.7 Å². The minimum atomic E-state index is -0.741. The average Bonchev–Trinajstić information content (AvgIpc) is 3.22. The van der Waals surface area contributed by atoms with Crippen molar-refractivity contribution in [1.82, 2.24) is 4.90 Å². The molecule has 4 rings (SSSR count). The van der Waals surface area contributed by atoms with Gasteiger partial charge in [-0.2, -0.15) is 0 Å². The van der Waals surface area contributed by atoms with E-state index in [4.69, 9.17) is 9.47 Å². The number of ether oxygens (including phenoxy) is 2. The summed E-state index contributed by atoms with van der Waals surface area (Å²) in [6.45, 7) is 6.35. The van der Waals surface area contributed by atoms with Crippen molar-refractivity contribution in [3.8, 4) is 0 Å². The number of halogens is 1. The molecule has 2 heterocycles. The quantitative estimate of drug-likeness (QED) is 0.419. The van der Waals surface area contributed by atoms with E-state index in [2.05, 4.69) is 21.2 Å². The van der Waals surface area contributed by atoms with Gasteiger partial charge in [-0.3, -0.25) is 4.79 Å². The number of benzene rings is 2. The molecule has 0 spiro atoms. The van der Waals surface area contributed by atoms with Crippen LogP contribution in [0.5, 0.6) is 0 Å². The van der Waals surface area contributed by atoms with Crippen LogP contribution in [0.3, 0.4) is 0 Å². The number of nitrogens with one attached hydrogen (secondary N) is 1. The number of carbonyl (C=O) groups excluding carboxylic acids is 3. The van der Waals surface area contributed by atoms with Crippen molar-refractivity contribution in [3.63, 3.8) is 0 Å². The highest BCUT2D eigenvalue weighted by atomic mass is 79.9. The standard InChI is InChI=1S/C26H29BrN2O5/c1-26(2,3)14-21(30)34-24(31)22-18-11-12-29(25(32)33-15-16-7-5-4-6-8-16)23(18)19-13-17(27)9-10-20(19)28-22/h4-10,13,18,22-23,28H,11-12,14-15H2,1-3H3/t18-,22+,23-/m1/s1. The third-order valence-electron chi connectivity index (χ3n) is 6.10. The van der Waals surface area contributed by atoms with E-state index in [1.54, 1.807) is 4.90 Å². The van der Waals surface area contributed by atoms with E-state index < -0.39 is 24.1 Å². The molecule has 2 aromatic carbocycles. The highest BCUT2D eigenvalue weighted by molar-refractivity contribution is 9.10. The molecule has 8 heteroatoms. The van der Waals surface area contributed by atoms with Crippen LogP contribution in [0.25, 0.3) is 0 Å². The summed E-state index contributed by atoms with van der Waals surface area (Å²) in [6.07, 6.45) is 0.290. The van der Waals surface area contributed by atoms with Crippen molar-refractivity contribution < 1.29 is 23.9 Å². The molecule has 1 amide bonds. The van der Waals surface area contributed by atoms with Crippen molar-refractivity contribution in [2.45, 2.75) is 52.3 Å². The van der Waals surface area contributed by atoms with Gasteiger partial charge in [-0.05, 0) is 41.2 Å². The second-order valence-electron chi connectivity index (χ2n) is 10.0. The Bertz CT molecular complexity index is 1080. The van der Waals surface area contributed by atoms with Crippen molar-refractivity contribution in [2.24, 2.45) is 11.3 Å². The lowest BCUT2D eigenvalue weighted by molar-refractivity contribution is -0.162. The largest absolute Gasteiger partial charge is 0.445 e. The molecule has 1 saturated heterocycles. The fraction of sp³-hybridized carbons (Fsp3) is 0.423. The molecule has 3 atom stereocenters. The van der Waals surface area contributed by atoms with Crippen LogP contribution in [0, 0.1) is 11.3 Å². The number of carbonyl (C=O) groups is 3. The highest BCUT2D eigenvalue weighted by Gasteiger charge is 2.49. The lowest BCUT2D eigenvalue weighted by Gasteiger charge is -2.38. The molecule has 180 valence electrons. The normalized spacial score (nSPS) is 21.2. The molecule has 0 aliphatic carbocycles. The minimum absolute atomic E-state index is 0.140. The van der Waals surface area contributed by atoms with Gasteiger partial charge in [0.2, 0.25) is 0 Å². The Morgan fingerprint density at radius 1 is 1.12 bits per heavy atom. The Balaban J connectivity index is 1.55. The van der Waals surface area contributed by atoms with Crippen LogP contribution >= 0.6 is 15.9 Å². The second-order valence-corrected chi connectivity index (χ2v) is 10.9. The first kappa shape index (κ1) is 24.3. The fourth-order valence-corrected chi connectivity index (χ4v) is 5.01. The number of anilines is 1. The molecule has 1 fully saturated rings.